The Morgan fingerprint density at radius 3 is 2.81 bits per heavy atom. The number of hydrogen-bond acceptors (Lipinski definition) is 2. The highest BCUT2D eigenvalue weighted by Gasteiger charge is 2.25. The minimum Gasteiger partial charge on any atom is -0.381 e. The number of aryl methyl sites for hydroxylation is 1. The van der Waals surface area contributed by atoms with Crippen LogP contribution in [-0.4, -0.2) is 11.0 Å². The van der Waals surface area contributed by atoms with E-state index < -0.39 is 0 Å². The van der Waals surface area contributed by atoms with Crippen LogP contribution in [0.4, 0.5) is 5.69 Å². The Labute approximate surface area is 131 Å². The normalized spacial score (nSPS) is 26.0. The summed E-state index contributed by atoms with van der Waals surface area (Å²) >= 11 is 6.50. The van der Waals surface area contributed by atoms with Gasteiger partial charge in [0.15, 0.2) is 0 Å². The van der Waals surface area contributed by atoms with Gasteiger partial charge < -0.3 is 5.32 Å². The quantitative estimate of drug-likeness (QED) is 0.799. The highest BCUT2D eigenvalue weighted by molar-refractivity contribution is 6.35. The number of hydrogen-bond donors (Lipinski definition) is 1. The Hall–Kier alpha value is -1.28. The zero-order valence-corrected chi connectivity index (χ0v) is 13.7. The maximum absolute atomic E-state index is 6.50. The van der Waals surface area contributed by atoms with Gasteiger partial charge in [-0.1, -0.05) is 25.4 Å². The van der Waals surface area contributed by atoms with E-state index in [1.807, 2.05) is 18.3 Å². The molecule has 1 heterocycles. The second-order valence-corrected chi connectivity index (χ2v) is 6.97. The molecule has 1 fully saturated rings. The van der Waals surface area contributed by atoms with E-state index in [0.29, 0.717) is 6.04 Å². The van der Waals surface area contributed by atoms with Gasteiger partial charge in [-0.3, -0.25) is 4.98 Å². The van der Waals surface area contributed by atoms with Gasteiger partial charge in [0.05, 0.1) is 16.2 Å². The minimum absolute atomic E-state index is 0.514. The summed E-state index contributed by atoms with van der Waals surface area (Å²) in [7, 11) is 0. The molecule has 3 unspecified atom stereocenters. The predicted octanol–water partition coefficient (Wildman–Crippen LogP) is 5.43. The Morgan fingerprint density at radius 2 is 2.05 bits per heavy atom. The van der Waals surface area contributed by atoms with Crippen molar-refractivity contribution in [1.82, 2.24) is 4.98 Å². The minimum atomic E-state index is 0.514. The molecule has 2 nitrogen and oxygen atoms in total. The highest BCUT2D eigenvalue weighted by Crippen LogP contribution is 2.36. The molecule has 3 heteroatoms. The number of halogens is 1. The lowest BCUT2D eigenvalue weighted by Crippen LogP contribution is -2.30. The van der Waals surface area contributed by atoms with Crippen LogP contribution in [0.1, 0.15) is 38.7 Å². The standard InChI is InChI=1S/C18H23ClN2/c1-11-6-7-14(9-12(11)2)21-18-15-5-4-8-20-17(15)13(3)10-16(18)19/h4-5,8,10-12,14,21H,6-7,9H2,1-3H3. The van der Waals surface area contributed by atoms with Crippen molar-refractivity contribution in [3.63, 3.8) is 0 Å². The summed E-state index contributed by atoms with van der Waals surface area (Å²) in [5.74, 6) is 1.60. The zero-order valence-electron chi connectivity index (χ0n) is 13.0. The SMILES string of the molecule is Cc1cc(Cl)c(NC2CCC(C)C(C)C2)c2cccnc12. The van der Waals surface area contributed by atoms with E-state index in [0.717, 1.165) is 39.0 Å². The average Bonchev–Trinajstić information content (AvgIpc) is 2.47. The van der Waals surface area contributed by atoms with Crippen LogP contribution in [0.2, 0.25) is 5.02 Å². The number of anilines is 1. The third-order valence-electron chi connectivity index (χ3n) is 4.98. The second-order valence-electron chi connectivity index (χ2n) is 6.56. The van der Waals surface area contributed by atoms with Crippen molar-refractivity contribution < 1.29 is 0 Å². The summed E-state index contributed by atoms with van der Waals surface area (Å²) in [4.78, 5) is 4.50. The van der Waals surface area contributed by atoms with Gasteiger partial charge in [-0.15, -0.1) is 0 Å². The Balaban J connectivity index is 1.94. The highest BCUT2D eigenvalue weighted by atomic mass is 35.5. The Bertz CT molecular complexity index is 653. The first-order valence-corrected chi connectivity index (χ1v) is 8.24. The van der Waals surface area contributed by atoms with E-state index in [-0.39, 0.29) is 0 Å². The van der Waals surface area contributed by atoms with Gasteiger partial charge in [0.25, 0.3) is 0 Å². The second kappa shape index (κ2) is 5.84. The maximum Gasteiger partial charge on any atom is 0.0752 e. The molecule has 0 saturated heterocycles. The zero-order chi connectivity index (χ0) is 15.0. The third kappa shape index (κ3) is 2.87. The first kappa shape index (κ1) is 14.6. The van der Waals surface area contributed by atoms with Crippen molar-refractivity contribution in [3.05, 3.63) is 35.0 Å². The molecule has 1 saturated carbocycles. The number of fused-ring (bicyclic) bond motifs is 1. The van der Waals surface area contributed by atoms with E-state index in [1.165, 1.54) is 19.3 Å². The van der Waals surface area contributed by atoms with Gasteiger partial charge in [0, 0.05) is 17.6 Å². The Morgan fingerprint density at radius 1 is 1.24 bits per heavy atom. The number of nitrogens with one attached hydrogen (secondary N) is 1. The van der Waals surface area contributed by atoms with Gasteiger partial charge in [-0.25, -0.2) is 0 Å². The van der Waals surface area contributed by atoms with E-state index in [4.69, 9.17) is 11.6 Å². The number of benzene rings is 1. The maximum atomic E-state index is 6.50. The van der Waals surface area contributed by atoms with Crippen LogP contribution < -0.4 is 5.32 Å². The van der Waals surface area contributed by atoms with Gasteiger partial charge in [-0.2, -0.15) is 0 Å². The summed E-state index contributed by atoms with van der Waals surface area (Å²) in [5, 5.41) is 5.64. The van der Waals surface area contributed by atoms with Gasteiger partial charge in [-0.05, 0) is 61.8 Å². The molecular weight excluding hydrogens is 280 g/mol. The summed E-state index contributed by atoms with van der Waals surface area (Å²) in [6.45, 7) is 6.78. The molecule has 3 atom stereocenters. The van der Waals surface area contributed by atoms with Crippen molar-refractivity contribution >= 4 is 28.2 Å². The number of pyridine rings is 1. The molecule has 0 amide bonds. The molecule has 21 heavy (non-hydrogen) atoms. The lowest BCUT2D eigenvalue weighted by Gasteiger charge is -2.33. The number of aromatic nitrogens is 1. The molecule has 1 aliphatic rings. The fourth-order valence-corrected chi connectivity index (χ4v) is 3.73. The van der Waals surface area contributed by atoms with E-state index in [2.05, 4.69) is 37.1 Å². The third-order valence-corrected chi connectivity index (χ3v) is 5.28. The topological polar surface area (TPSA) is 24.9 Å². The summed E-state index contributed by atoms with van der Waals surface area (Å²) in [6, 6.07) is 6.63. The van der Waals surface area contributed by atoms with Gasteiger partial charge in [0.2, 0.25) is 0 Å². The van der Waals surface area contributed by atoms with Crippen molar-refractivity contribution in [2.75, 3.05) is 5.32 Å². The number of nitrogens with zero attached hydrogens (tertiary/aromatic N) is 1. The molecule has 1 aromatic carbocycles. The average molecular weight is 303 g/mol. The molecule has 1 aromatic heterocycles. The molecule has 0 bridgehead atoms. The van der Waals surface area contributed by atoms with Crippen LogP contribution in [-0.2, 0) is 0 Å². The molecule has 0 radical (unpaired) electrons. The summed E-state index contributed by atoms with van der Waals surface area (Å²) < 4.78 is 0. The van der Waals surface area contributed by atoms with E-state index in [9.17, 15) is 0 Å². The summed E-state index contributed by atoms with van der Waals surface area (Å²) in [5.41, 5.74) is 3.23. The lowest BCUT2D eigenvalue weighted by molar-refractivity contribution is 0.261. The smallest absolute Gasteiger partial charge is 0.0752 e. The van der Waals surface area contributed by atoms with Crippen molar-refractivity contribution in [2.24, 2.45) is 11.8 Å². The molecule has 2 aromatic rings. The van der Waals surface area contributed by atoms with E-state index >= 15 is 0 Å². The van der Waals surface area contributed by atoms with Crippen LogP contribution in [0.15, 0.2) is 24.4 Å². The van der Waals surface area contributed by atoms with Crippen LogP contribution in [0, 0.1) is 18.8 Å². The van der Waals surface area contributed by atoms with Crippen LogP contribution in [0.25, 0.3) is 10.9 Å². The van der Waals surface area contributed by atoms with Gasteiger partial charge in [0.1, 0.15) is 0 Å². The van der Waals surface area contributed by atoms with Crippen molar-refractivity contribution in [1.29, 1.82) is 0 Å². The summed E-state index contributed by atoms with van der Waals surface area (Å²) in [6.07, 6.45) is 5.57. The molecule has 0 aliphatic heterocycles. The van der Waals surface area contributed by atoms with Crippen LogP contribution >= 0.6 is 11.6 Å². The fourth-order valence-electron chi connectivity index (χ4n) is 3.41. The molecule has 3 rings (SSSR count). The fraction of sp³-hybridized carbons (Fsp3) is 0.500. The van der Waals surface area contributed by atoms with Crippen LogP contribution in [0.3, 0.4) is 0 Å². The predicted molar refractivity (Wildman–Crippen MR) is 91.1 cm³/mol. The molecule has 1 N–H and O–H groups in total. The monoisotopic (exact) mass is 302 g/mol. The molecule has 0 spiro atoms. The van der Waals surface area contributed by atoms with Crippen LogP contribution in [0.5, 0.6) is 0 Å². The number of rotatable bonds is 2. The van der Waals surface area contributed by atoms with E-state index in [1.54, 1.807) is 0 Å². The lowest BCUT2D eigenvalue weighted by atomic mass is 9.79. The largest absolute Gasteiger partial charge is 0.381 e. The van der Waals surface area contributed by atoms with Crippen molar-refractivity contribution in [3.8, 4) is 0 Å². The molecule has 1 aliphatic carbocycles. The van der Waals surface area contributed by atoms with Crippen molar-refractivity contribution in [2.45, 2.75) is 46.1 Å². The van der Waals surface area contributed by atoms with Gasteiger partial charge >= 0.3 is 0 Å². The Kier molecular flexibility index (Phi) is 4.08. The molecule has 112 valence electrons. The first-order chi connectivity index (χ1) is 10.1. The first-order valence-electron chi connectivity index (χ1n) is 7.86. The molecular formula is C18H23ClN2.